The highest BCUT2D eigenvalue weighted by Crippen LogP contribution is 2.24. The van der Waals surface area contributed by atoms with E-state index in [0.717, 1.165) is 19.3 Å². The van der Waals surface area contributed by atoms with Crippen LogP contribution in [0.5, 0.6) is 0 Å². The van der Waals surface area contributed by atoms with Crippen LogP contribution in [0.4, 0.5) is 0 Å². The molecule has 1 aliphatic rings. The number of rotatable bonds is 4. The van der Waals surface area contributed by atoms with E-state index < -0.39 is 15.6 Å². The minimum absolute atomic E-state index is 0. The molecular formula is C14H23ClN2O2S. The van der Waals surface area contributed by atoms with Gasteiger partial charge in [-0.1, -0.05) is 6.07 Å². The average molecular weight is 319 g/mol. The number of halogens is 1. The largest absolute Gasteiger partial charge is 0.329 e. The molecule has 1 aromatic rings. The van der Waals surface area contributed by atoms with Crippen LogP contribution in [0.2, 0.25) is 0 Å². The summed E-state index contributed by atoms with van der Waals surface area (Å²) < 4.78 is 27.3. The van der Waals surface area contributed by atoms with Gasteiger partial charge >= 0.3 is 0 Å². The van der Waals surface area contributed by atoms with Crippen molar-refractivity contribution in [3.63, 3.8) is 0 Å². The zero-order valence-electron chi connectivity index (χ0n) is 12.0. The van der Waals surface area contributed by atoms with Crippen LogP contribution in [0.25, 0.3) is 0 Å². The van der Waals surface area contributed by atoms with Crippen molar-refractivity contribution >= 4 is 22.4 Å². The highest BCUT2D eigenvalue weighted by Gasteiger charge is 2.25. The van der Waals surface area contributed by atoms with Gasteiger partial charge in [-0.2, -0.15) is 0 Å². The summed E-state index contributed by atoms with van der Waals surface area (Å²) in [5, 5.41) is 0. The molecule has 1 aliphatic carbocycles. The first-order chi connectivity index (χ1) is 8.84. The summed E-state index contributed by atoms with van der Waals surface area (Å²) in [4.78, 5) is 0.342. The van der Waals surface area contributed by atoms with E-state index in [4.69, 9.17) is 5.73 Å². The summed E-state index contributed by atoms with van der Waals surface area (Å²) >= 11 is 0. The summed E-state index contributed by atoms with van der Waals surface area (Å²) in [6, 6.07) is 5.45. The topological polar surface area (TPSA) is 72.2 Å². The minimum atomic E-state index is -3.49. The Labute approximate surface area is 127 Å². The van der Waals surface area contributed by atoms with Gasteiger partial charge in [0.2, 0.25) is 10.0 Å². The van der Waals surface area contributed by atoms with Gasteiger partial charge in [0.05, 0.1) is 4.90 Å². The molecule has 0 fully saturated rings. The molecule has 6 heteroatoms. The molecule has 0 amide bonds. The molecule has 1 aromatic carbocycles. The van der Waals surface area contributed by atoms with E-state index in [1.165, 1.54) is 17.5 Å². The Morgan fingerprint density at radius 1 is 1.20 bits per heavy atom. The lowest BCUT2D eigenvalue weighted by Gasteiger charge is -2.24. The molecule has 114 valence electrons. The standard InChI is InChI=1S/C14H22N2O2S.ClH/c1-14(2,10-15)16-19(17,18)13-8-7-11-5-3-4-6-12(11)9-13;/h7-9,16H,3-6,10,15H2,1-2H3;1H. The van der Waals surface area contributed by atoms with Crippen LogP contribution >= 0.6 is 12.4 Å². The molecule has 20 heavy (non-hydrogen) atoms. The molecule has 0 saturated carbocycles. The molecule has 0 unspecified atom stereocenters. The second kappa shape index (κ2) is 6.43. The number of benzene rings is 1. The average Bonchev–Trinajstić information content (AvgIpc) is 2.37. The van der Waals surface area contributed by atoms with Crippen LogP contribution in [0.1, 0.15) is 37.8 Å². The van der Waals surface area contributed by atoms with Crippen LogP contribution in [0.3, 0.4) is 0 Å². The lowest BCUT2D eigenvalue weighted by atomic mass is 9.92. The van der Waals surface area contributed by atoms with E-state index in [1.54, 1.807) is 19.9 Å². The Morgan fingerprint density at radius 2 is 1.80 bits per heavy atom. The Bertz CT molecular complexity index is 571. The van der Waals surface area contributed by atoms with Gasteiger partial charge < -0.3 is 5.73 Å². The number of sulfonamides is 1. The maximum atomic E-state index is 12.3. The summed E-state index contributed by atoms with van der Waals surface area (Å²) in [5.74, 6) is 0. The molecular weight excluding hydrogens is 296 g/mol. The molecule has 3 N–H and O–H groups in total. The zero-order chi connectivity index (χ0) is 14.1. The highest BCUT2D eigenvalue weighted by atomic mass is 35.5. The Hall–Kier alpha value is -0.620. The fraction of sp³-hybridized carbons (Fsp3) is 0.571. The van der Waals surface area contributed by atoms with Crippen LogP contribution in [0, 0.1) is 0 Å². The van der Waals surface area contributed by atoms with Crippen molar-refractivity contribution in [3.05, 3.63) is 29.3 Å². The first kappa shape index (κ1) is 17.4. The molecule has 0 atom stereocenters. The third-order valence-corrected chi connectivity index (χ3v) is 5.25. The van der Waals surface area contributed by atoms with E-state index in [-0.39, 0.29) is 19.0 Å². The smallest absolute Gasteiger partial charge is 0.241 e. The summed E-state index contributed by atoms with van der Waals surface area (Å²) in [5.41, 5.74) is 7.39. The van der Waals surface area contributed by atoms with Crippen molar-refractivity contribution in [2.45, 2.75) is 50.0 Å². The number of hydrogen-bond acceptors (Lipinski definition) is 3. The maximum Gasteiger partial charge on any atom is 0.241 e. The first-order valence-corrected chi connectivity index (χ1v) is 8.18. The summed E-state index contributed by atoms with van der Waals surface area (Å²) in [7, 11) is -3.49. The fourth-order valence-electron chi connectivity index (χ4n) is 2.34. The van der Waals surface area contributed by atoms with E-state index in [9.17, 15) is 8.42 Å². The molecule has 0 radical (unpaired) electrons. The summed E-state index contributed by atoms with van der Waals surface area (Å²) in [6.45, 7) is 3.82. The number of nitrogens with two attached hydrogens (primary N) is 1. The van der Waals surface area contributed by atoms with Crippen molar-refractivity contribution in [1.29, 1.82) is 0 Å². The number of nitrogens with one attached hydrogen (secondary N) is 1. The number of fused-ring (bicyclic) bond motifs is 1. The van der Waals surface area contributed by atoms with E-state index in [1.807, 2.05) is 12.1 Å². The van der Waals surface area contributed by atoms with E-state index >= 15 is 0 Å². The Morgan fingerprint density at radius 3 is 2.40 bits per heavy atom. The van der Waals surface area contributed by atoms with Gasteiger partial charge in [0, 0.05) is 12.1 Å². The van der Waals surface area contributed by atoms with Crippen molar-refractivity contribution < 1.29 is 8.42 Å². The lowest BCUT2D eigenvalue weighted by molar-refractivity contribution is 0.462. The molecule has 0 aliphatic heterocycles. The molecule has 0 bridgehead atoms. The third-order valence-electron chi connectivity index (χ3n) is 3.55. The normalized spacial score (nSPS) is 15.3. The molecule has 2 rings (SSSR count). The minimum Gasteiger partial charge on any atom is -0.329 e. The van der Waals surface area contributed by atoms with Gasteiger partial charge in [-0.05, 0) is 62.8 Å². The van der Waals surface area contributed by atoms with Gasteiger partial charge in [0.1, 0.15) is 0 Å². The third kappa shape index (κ3) is 3.95. The Balaban J connectivity index is 0.00000200. The molecule has 0 heterocycles. The first-order valence-electron chi connectivity index (χ1n) is 6.70. The summed E-state index contributed by atoms with van der Waals surface area (Å²) in [6.07, 6.45) is 4.35. The number of aryl methyl sites for hydroxylation is 2. The van der Waals surface area contributed by atoms with Gasteiger partial charge in [-0.15, -0.1) is 12.4 Å². The molecule has 0 spiro atoms. The van der Waals surface area contributed by atoms with Gasteiger partial charge in [0.25, 0.3) is 0 Å². The second-order valence-corrected chi connectivity index (χ2v) is 7.51. The fourth-order valence-corrected chi connectivity index (χ4v) is 3.81. The van der Waals surface area contributed by atoms with Crippen LogP contribution in [-0.2, 0) is 22.9 Å². The van der Waals surface area contributed by atoms with Crippen LogP contribution < -0.4 is 10.5 Å². The van der Waals surface area contributed by atoms with Gasteiger partial charge in [-0.25, -0.2) is 13.1 Å². The predicted molar refractivity (Wildman–Crippen MR) is 83.8 cm³/mol. The second-order valence-electron chi connectivity index (χ2n) is 5.83. The molecule has 0 aromatic heterocycles. The quantitative estimate of drug-likeness (QED) is 0.892. The number of hydrogen-bond donors (Lipinski definition) is 2. The van der Waals surface area contributed by atoms with Crippen LogP contribution in [0.15, 0.2) is 23.1 Å². The highest BCUT2D eigenvalue weighted by molar-refractivity contribution is 7.89. The van der Waals surface area contributed by atoms with Crippen LogP contribution in [-0.4, -0.2) is 20.5 Å². The zero-order valence-corrected chi connectivity index (χ0v) is 13.6. The van der Waals surface area contributed by atoms with E-state index in [2.05, 4.69) is 4.72 Å². The van der Waals surface area contributed by atoms with Crippen molar-refractivity contribution in [3.8, 4) is 0 Å². The van der Waals surface area contributed by atoms with Gasteiger partial charge in [-0.3, -0.25) is 0 Å². The van der Waals surface area contributed by atoms with Crippen molar-refractivity contribution in [1.82, 2.24) is 4.72 Å². The predicted octanol–water partition coefficient (Wildman–Crippen LogP) is 2.00. The molecule has 4 nitrogen and oxygen atoms in total. The van der Waals surface area contributed by atoms with Crippen molar-refractivity contribution in [2.24, 2.45) is 5.73 Å². The SMILES string of the molecule is CC(C)(CN)NS(=O)(=O)c1ccc2c(c1)CCCC2.Cl. The van der Waals surface area contributed by atoms with Crippen molar-refractivity contribution in [2.75, 3.05) is 6.54 Å². The molecule has 0 saturated heterocycles. The Kier molecular flexibility index (Phi) is 5.61. The van der Waals surface area contributed by atoms with E-state index in [0.29, 0.717) is 4.90 Å². The maximum absolute atomic E-state index is 12.3. The lowest BCUT2D eigenvalue weighted by Crippen LogP contribution is -2.48. The monoisotopic (exact) mass is 318 g/mol. The van der Waals surface area contributed by atoms with Gasteiger partial charge in [0.15, 0.2) is 0 Å².